The van der Waals surface area contributed by atoms with Crippen molar-refractivity contribution < 1.29 is 17.6 Å². The second kappa shape index (κ2) is 5.78. The van der Waals surface area contributed by atoms with E-state index in [2.05, 4.69) is 5.32 Å². The summed E-state index contributed by atoms with van der Waals surface area (Å²) in [6, 6.07) is 1.37. The van der Waals surface area contributed by atoms with Crippen molar-refractivity contribution in [3.63, 3.8) is 0 Å². The standard InChI is InChI=1S/C13H21N3O4S/c1-9-8-14-5-6-16(9)13(17)11-7-12(10(2)20-11)21(18,19)15(3)4/h7,9,14H,5-6,8H2,1-4H3/t9-/m0/s1. The Labute approximate surface area is 124 Å². The molecular formula is C13H21N3O4S. The molecule has 0 spiro atoms. The Kier molecular flexibility index (Phi) is 4.40. The van der Waals surface area contributed by atoms with Crippen LogP contribution in [0.15, 0.2) is 15.4 Å². The van der Waals surface area contributed by atoms with Gasteiger partial charge >= 0.3 is 0 Å². The van der Waals surface area contributed by atoms with Crippen molar-refractivity contribution in [2.75, 3.05) is 33.7 Å². The molecule has 7 nitrogen and oxygen atoms in total. The third-order valence-corrected chi connectivity index (χ3v) is 5.53. The van der Waals surface area contributed by atoms with Crippen LogP contribution in [0.1, 0.15) is 23.2 Å². The maximum atomic E-state index is 12.5. The van der Waals surface area contributed by atoms with Gasteiger partial charge in [-0.05, 0) is 13.8 Å². The van der Waals surface area contributed by atoms with Gasteiger partial charge in [0.15, 0.2) is 5.76 Å². The molecule has 0 aliphatic carbocycles. The maximum Gasteiger partial charge on any atom is 0.289 e. The van der Waals surface area contributed by atoms with Crippen LogP contribution in [0, 0.1) is 6.92 Å². The van der Waals surface area contributed by atoms with Gasteiger partial charge in [0.2, 0.25) is 10.0 Å². The Morgan fingerprint density at radius 3 is 2.71 bits per heavy atom. The van der Waals surface area contributed by atoms with Gasteiger partial charge in [0, 0.05) is 45.8 Å². The predicted octanol–water partition coefficient (Wildman–Crippen LogP) is 0.272. The van der Waals surface area contributed by atoms with E-state index in [-0.39, 0.29) is 28.4 Å². The summed E-state index contributed by atoms with van der Waals surface area (Å²) < 4.78 is 30.8. The zero-order valence-electron chi connectivity index (χ0n) is 12.7. The molecule has 1 aliphatic rings. The lowest BCUT2D eigenvalue weighted by Crippen LogP contribution is -2.52. The van der Waals surface area contributed by atoms with Gasteiger partial charge in [-0.2, -0.15) is 0 Å². The molecule has 21 heavy (non-hydrogen) atoms. The summed E-state index contributed by atoms with van der Waals surface area (Å²) in [6.45, 7) is 5.51. The largest absolute Gasteiger partial charge is 0.455 e. The molecule has 2 heterocycles. The average molecular weight is 315 g/mol. The lowest BCUT2D eigenvalue weighted by atomic mass is 10.2. The minimum atomic E-state index is -3.61. The molecule has 1 N–H and O–H groups in total. The third-order valence-electron chi connectivity index (χ3n) is 3.60. The smallest absolute Gasteiger partial charge is 0.289 e. The van der Waals surface area contributed by atoms with Crippen LogP contribution in [0.5, 0.6) is 0 Å². The van der Waals surface area contributed by atoms with Gasteiger partial charge in [0.25, 0.3) is 5.91 Å². The molecular weight excluding hydrogens is 294 g/mol. The van der Waals surface area contributed by atoms with Gasteiger partial charge < -0.3 is 14.6 Å². The van der Waals surface area contributed by atoms with Crippen LogP contribution in [0.2, 0.25) is 0 Å². The molecule has 118 valence electrons. The fourth-order valence-corrected chi connectivity index (χ4v) is 3.36. The van der Waals surface area contributed by atoms with Gasteiger partial charge in [-0.1, -0.05) is 0 Å². The molecule has 8 heteroatoms. The van der Waals surface area contributed by atoms with Crippen molar-refractivity contribution in [2.24, 2.45) is 0 Å². The Morgan fingerprint density at radius 2 is 2.14 bits per heavy atom. The summed E-state index contributed by atoms with van der Waals surface area (Å²) in [5, 5.41) is 3.20. The molecule has 0 unspecified atom stereocenters. The molecule has 1 aromatic heterocycles. The van der Waals surface area contributed by atoms with Crippen molar-refractivity contribution in [1.82, 2.24) is 14.5 Å². The van der Waals surface area contributed by atoms with Crippen molar-refractivity contribution >= 4 is 15.9 Å². The van der Waals surface area contributed by atoms with Crippen LogP contribution >= 0.6 is 0 Å². The Hall–Kier alpha value is -1.38. The van der Waals surface area contributed by atoms with Crippen molar-refractivity contribution in [2.45, 2.75) is 24.8 Å². The molecule has 0 bridgehead atoms. The molecule has 0 aromatic carbocycles. The first-order valence-electron chi connectivity index (χ1n) is 6.79. The second-order valence-corrected chi connectivity index (χ2v) is 7.49. The van der Waals surface area contributed by atoms with Crippen molar-refractivity contribution in [1.29, 1.82) is 0 Å². The molecule has 1 saturated heterocycles. The minimum Gasteiger partial charge on any atom is -0.455 e. The zero-order chi connectivity index (χ0) is 15.8. The summed E-state index contributed by atoms with van der Waals surface area (Å²) in [6.07, 6.45) is 0. The number of carbonyl (C=O) groups is 1. The number of rotatable bonds is 3. The van der Waals surface area contributed by atoms with Crippen molar-refractivity contribution in [3.8, 4) is 0 Å². The topological polar surface area (TPSA) is 82.9 Å². The number of amides is 1. The summed E-state index contributed by atoms with van der Waals surface area (Å²) in [4.78, 5) is 14.2. The van der Waals surface area contributed by atoms with E-state index in [0.29, 0.717) is 13.1 Å². The van der Waals surface area contributed by atoms with E-state index in [4.69, 9.17) is 4.42 Å². The summed E-state index contributed by atoms with van der Waals surface area (Å²) in [5.41, 5.74) is 0. The predicted molar refractivity (Wildman–Crippen MR) is 77.7 cm³/mol. The normalized spacial score (nSPS) is 20.0. The first-order valence-corrected chi connectivity index (χ1v) is 8.23. The molecule has 0 radical (unpaired) electrons. The van der Waals surface area contributed by atoms with Gasteiger partial charge in [-0.15, -0.1) is 0 Å². The van der Waals surface area contributed by atoms with E-state index < -0.39 is 10.0 Å². The molecule has 1 atom stereocenters. The van der Waals surface area contributed by atoms with Crippen LogP contribution in [0.25, 0.3) is 0 Å². The first kappa shape index (κ1) is 16.0. The third kappa shape index (κ3) is 2.97. The van der Waals surface area contributed by atoms with E-state index in [1.165, 1.54) is 20.2 Å². The van der Waals surface area contributed by atoms with Crippen LogP contribution in [0.4, 0.5) is 0 Å². The van der Waals surface area contributed by atoms with Gasteiger partial charge in [-0.3, -0.25) is 4.79 Å². The SMILES string of the molecule is Cc1oc(C(=O)N2CCNC[C@@H]2C)cc1S(=O)(=O)N(C)C. The van der Waals surface area contributed by atoms with E-state index in [1.54, 1.807) is 11.8 Å². The molecule has 2 rings (SSSR count). The van der Waals surface area contributed by atoms with E-state index in [1.807, 2.05) is 6.92 Å². The van der Waals surface area contributed by atoms with E-state index in [9.17, 15) is 13.2 Å². The van der Waals surface area contributed by atoms with Crippen LogP contribution in [-0.2, 0) is 10.0 Å². The number of nitrogens with one attached hydrogen (secondary N) is 1. The number of piperazine rings is 1. The van der Waals surface area contributed by atoms with Crippen molar-refractivity contribution in [3.05, 3.63) is 17.6 Å². The number of hydrogen-bond acceptors (Lipinski definition) is 5. The van der Waals surface area contributed by atoms with Gasteiger partial charge in [0.05, 0.1) is 0 Å². The molecule has 1 amide bonds. The van der Waals surface area contributed by atoms with Crippen LogP contribution < -0.4 is 5.32 Å². The first-order chi connectivity index (χ1) is 9.75. The fraction of sp³-hybridized carbons (Fsp3) is 0.615. The fourth-order valence-electron chi connectivity index (χ4n) is 2.31. The molecule has 1 aromatic rings. The average Bonchev–Trinajstić information content (AvgIpc) is 2.81. The zero-order valence-corrected chi connectivity index (χ0v) is 13.5. The quantitative estimate of drug-likeness (QED) is 0.866. The number of nitrogens with zero attached hydrogens (tertiary/aromatic N) is 2. The van der Waals surface area contributed by atoms with Crippen LogP contribution in [0.3, 0.4) is 0 Å². The monoisotopic (exact) mass is 315 g/mol. The maximum absolute atomic E-state index is 12.5. The van der Waals surface area contributed by atoms with Gasteiger partial charge in [0.1, 0.15) is 10.7 Å². The minimum absolute atomic E-state index is 0.0404. The summed E-state index contributed by atoms with van der Waals surface area (Å²) in [7, 11) is -0.716. The van der Waals surface area contributed by atoms with Crippen LogP contribution in [-0.4, -0.2) is 63.3 Å². The Bertz CT molecular complexity index is 636. The highest BCUT2D eigenvalue weighted by molar-refractivity contribution is 7.89. The molecule has 1 fully saturated rings. The lowest BCUT2D eigenvalue weighted by molar-refractivity contribution is 0.0622. The highest BCUT2D eigenvalue weighted by Crippen LogP contribution is 2.24. The number of hydrogen-bond donors (Lipinski definition) is 1. The summed E-state index contributed by atoms with van der Waals surface area (Å²) >= 11 is 0. The number of aryl methyl sites for hydroxylation is 1. The second-order valence-electron chi connectivity index (χ2n) is 5.37. The Balaban J connectivity index is 2.32. The van der Waals surface area contributed by atoms with E-state index >= 15 is 0 Å². The van der Waals surface area contributed by atoms with Gasteiger partial charge in [-0.25, -0.2) is 12.7 Å². The summed E-state index contributed by atoms with van der Waals surface area (Å²) in [5.74, 6) is 0.0313. The molecule has 0 saturated carbocycles. The number of sulfonamides is 1. The highest BCUT2D eigenvalue weighted by atomic mass is 32.2. The highest BCUT2D eigenvalue weighted by Gasteiger charge is 2.30. The number of carbonyl (C=O) groups excluding carboxylic acids is 1. The lowest BCUT2D eigenvalue weighted by Gasteiger charge is -2.33. The van der Waals surface area contributed by atoms with E-state index in [0.717, 1.165) is 10.8 Å². The Morgan fingerprint density at radius 1 is 1.48 bits per heavy atom. The molecule has 1 aliphatic heterocycles. The number of furan rings is 1.